The highest BCUT2D eigenvalue weighted by Gasteiger charge is 2.18. The van der Waals surface area contributed by atoms with E-state index in [0.717, 1.165) is 6.42 Å². The standard InChI is InChI=1S/C15H19ClN2O/c1-18-8-3-2-4-13(18)7-9-19-15-6-5-12(11-17)10-14(15)16/h5-6,10,13H,2-4,7-9H2,1H3. The number of halogens is 1. The van der Waals surface area contributed by atoms with Gasteiger partial charge in [0.2, 0.25) is 0 Å². The molecule has 0 saturated carbocycles. The van der Waals surface area contributed by atoms with Gasteiger partial charge in [-0.1, -0.05) is 18.0 Å². The van der Waals surface area contributed by atoms with Gasteiger partial charge in [-0.3, -0.25) is 0 Å². The van der Waals surface area contributed by atoms with Crippen LogP contribution in [0.25, 0.3) is 0 Å². The van der Waals surface area contributed by atoms with Crippen LogP contribution >= 0.6 is 11.6 Å². The second-order valence-corrected chi connectivity index (χ2v) is 5.43. The van der Waals surface area contributed by atoms with Gasteiger partial charge >= 0.3 is 0 Å². The fraction of sp³-hybridized carbons (Fsp3) is 0.533. The highest BCUT2D eigenvalue weighted by atomic mass is 35.5. The molecule has 1 unspecified atom stereocenters. The molecular weight excluding hydrogens is 260 g/mol. The Labute approximate surface area is 119 Å². The number of rotatable bonds is 4. The third kappa shape index (κ3) is 3.86. The fourth-order valence-corrected chi connectivity index (χ4v) is 2.74. The van der Waals surface area contributed by atoms with Gasteiger partial charge in [-0.15, -0.1) is 0 Å². The molecular formula is C15H19ClN2O. The highest BCUT2D eigenvalue weighted by molar-refractivity contribution is 6.32. The van der Waals surface area contributed by atoms with Crippen LogP contribution in [0.3, 0.4) is 0 Å². The van der Waals surface area contributed by atoms with Crippen LogP contribution in [0.2, 0.25) is 5.02 Å². The fourth-order valence-electron chi connectivity index (χ4n) is 2.50. The van der Waals surface area contributed by atoms with Crippen LogP contribution in [0.4, 0.5) is 0 Å². The first-order valence-corrected chi connectivity index (χ1v) is 7.11. The number of likely N-dealkylation sites (tertiary alicyclic amines) is 1. The number of benzene rings is 1. The summed E-state index contributed by atoms with van der Waals surface area (Å²) in [5.74, 6) is 0.666. The van der Waals surface area contributed by atoms with Crippen molar-refractivity contribution in [3.8, 4) is 11.8 Å². The summed E-state index contributed by atoms with van der Waals surface area (Å²) in [7, 11) is 2.18. The maximum atomic E-state index is 8.77. The minimum atomic E-state index is 0.510. The molecule has 19 heavy (non-hydrogen) atoms. The Morgan fingerprint density at radius 1 is 1.47 bits per heavy atom. The van der Waals surface area contributed by atoms with E-state index in [1.807, 2.05) is 0 Å². The first-order chi connectivity index (χ1) is 9.20. The Bertz CT molecular complexity index is 470. The van der Waals surface area contributed by atoms with E-state index in [9.17, 15) is 0 Å². The van der Waals surface area contributed by atoms with Gasteiger partial charge in [0, 0.05) is 6.04 Å². The third-order valence-corrected chi connectivity index (χ3v) is 3.99. The zero-order chi connectivity index (χ0) is 13.7. The summed E-state index contributed by atoms with van der Waals surface area (Å²) in [6.45, 7) is 1.85. The Balaban J connectivity index is 1.84. The van der Waals surface area contributed by atoms with Crippen molar-refractivity contribution in [2.45, 2.75) is 31.7 Å². The molecule has 0 bridgehead atoms. The number of piperidine rings is 1. The Morgan fingerprint density at radius 2 is 2.32 bits per heavy atom. The normalized spacial score (nSPS) is 19.9. The molecule has 0 aliphatic carbocycles. The lowest BCUT2D eigenvalue weighted by molar-refractivity contribution is 0.153. The van der Waals surface area contributed by atoms with Gasteiger partial charge < -0.3 is 9.64 Å². The molecule has 0 spiro atoms. The lowest BCUT2D eigenvalue weighted by Gasteiger charge is -2.32. The van der Waals surface area contributed by atoms with Gasteiger partial charge in [0.25, 0.3) is 0 Å². The summed E-state index contributed by atoms with van der Waals surface area (Å²) < 4.78 is 5.72. The van der Waals surface area contributed by atoms with Crippen molar-refractivity contribution in [1.29, 1.82) is 5.26 Å². The summed E-state index contributed by atoms with van der Waals surface area (Å²) >= 11 is 6.07. The molecule has 0 aromatic heterocycles. The highest BCUT2D eigenvalue weighted by Crippen LogP contribution is 2.26. The molecule has 1 saturated heterocycles. The van der Waals surface area contributed by atoms with Gasteiger partial charge in [-0.25, -0.2) is 0 Å². The first kappa shape index (κ1) is 14.2. The monoisotopic (exact) mass is 278 g/mol. The average molecular weight is 279 g/mol. The Hall–Kier alpha value is -1.24. The maximum Gasteiger partial charge on any atom is 0.137 e. The molecule has 0 amide bonds. The van der Waals surface area contributed by atoms with Crippen LogP contribution in [-0.4, -0.2) is 31.1 Å². The summed E-state index contributed by atoms with van der Waals surface area (Å²) in [5.41, 5.74) is 0.560. The number of ether oxygens (including phenoxy) is 1. The van der Waals surface area contributed by atoms with Crippen molar-refractivity contribution in [3.63, 3.8) is 0 Å². The van der Waals surface area contributed by atoms with Crippen LogP contribution in [0.5, 0.6) is 5.75 Å². The molecule has 3 nitrogen and oxygen atoms in total. The predicted octanol–water partition coefficient (Wildman–Crippen LogP) is 3.46. The van der Waals surface area contributed by atoms with E-state index in [4.69, 9.17) is 21.6 Å². The van der Waals surface area contributed by atoms with E-state index in [2.05, 4.69) is 18.0 Å². The summed E-state index contributed by atoms with van der Waals surface area (Å²) in [4.78, 5) is 2.41. The topological polar surface area (TPSA) is 36.3 Å². The lowest BCUT2D eigenvalue weighted by atomic mass is 10.0. The second kappa shape index (κ2) is 6.79. The number of nitrogens with zero attached hydrogens (tertiary/aromatic N) is 2. The molecule has 1 fully saturated rings. The minimum absolute atomic E-state index is 0.510. The van der Waals surface area contributed by atoms with Crippen LogP contribution in [0, 0.1) is 11.3 Å². The molecule has 0 N–H and O–H groups in total. The first-order valence-electron chi connectivity index (χ1n) is 6.73. The minimum Gasteiger partial charge on any atom is -0.492 e. The van der Waals surface area contributed by atoms with E-state index < -0.39 is 0 Å². The molecule has 1 atom stereocenters. The van der Waals surface area contributed by atoms with Crippen LogP contribution in [0.15, 0.2) is 18.2 Å². The Morgan fingerprint density at radius 3 is 3.00 bits per heavy atom. The number of hydrogen-bond donors (Lipinski definition) is 0. The maximum absolute atomic E-state index is 8.77. The van der Waals surface area contributed by atoms with Gasteiger partial charge in [0.15, 0.2) is 0 Å². The SMILES string of the molecule is CN1CCCCC1CCOc1ccc(C#N)cc1Cl. The molecule has 1 aliphatic rings. The van der Waals surface area contributed by atoms with Crippen molar-refractivity contribution < 1.29 is 4.74 Å². The number of nitriles is 1. The average Bonchev–Trinajstić information content (AvgIpc) is 2.42. The van der Waals surface area contributed by atoms with Crippen molar-refractivity contribution in [2.24, 2.45) is 0 Å². The van der Waals surface area contributed by atoms with Crippen LogP contribution in [-0.2, 0) is 0 Å². The van der Waals surface area contributed by atoms with Gasteiger partial charge in [0.05, 0.1) is 23.3 Å². The molecule has 0 radical (unpaired) electrons. The van der Waals surface area contributed by atoms with Crippen LogP contribution < -0.4 is 4.74 Å². The molecule has 4 heteroatoms. The zero-order valence-corrected chi connectivity index (χ0v) is 12.0. The second-order valence-electron chi connectivity index (χ2n) is 5.02. The van der Waals surface area contributed by atoms with Gasteiger partial charge in [0.1, 0.15) is 5.75 Å². The summed E-state index contributed by atoms with van der Waals surface area (Å²) in [6.07, 6.45) is 4.88. The zero-order valence-electron chi connectivity index (χ0n) is 11.2. The summed E-state index contributed by atoms with van der Waals surface area (Å²) in [6, 6.07) is 7.82. The Kier molecular flexibility index (Phi) is 5.07. The van der Waals surface area contributed by atoms with Crippen LogP contribution in [0.1, 0.15) is 31.2 Å². The quantitative estimate of drug-likeness (QED) is 0.846. The largest absolute Gasteiger partial charge is 0.492 e. The summed E-state index contributed by atoms with van der Waals surface area (Å²) in [5, 5.41) is 9.28. The molecule has 1 heterocycles. The molecule has 1 aromatic carbocycles. The van der Waals surface area contributed by atoms with E-state index in [1.54, 1.807) is 18.2 Å². The molecule has 102 valence electrons. The van der Waals surface area contributed by atoms with E-state index >= 15 is 0 Å². The number of hydrogen-bond acceptors (Lipinski definition) is 3. The van der Waals surface area contributed by atoms with Gasteiger partial charge in [-0.05, 0) is 51.1 Å². The van der Waals surface area contributed by atoms with E-state index in [-0.39, 0.29) is 0 Å². The van der Waals surface area contributed by atoms with E-state index in [0.29, 0.717) is 29.0 Å². The lowest BCUT2D eigenvalue weighted by Crippen LogP contribution is -2.37. The van der Waals surface area contributed by atoms with E-state index in [1.165, 1.54) is 25.8 Å². The smallest absolute Gasteiger partial charge is 0.137 e. The van der Waals surface area contributed by atoms with Crippen molar-refractivity contribution in [2.75, 3.05) is 20.2 Å². The van der Waals surface area contributed by atoms with Crippen molar-refractivity contribution >= 4 is 11.6 Å². The van der Waals surface area contributed by atoms with Gasteiger partial charge in [-0.2, -0.15) is 5.26 Å². The molecule has 1 aliphatic heterocycles. The molecule has 2 rings (SSSR count). The molecule has 1 aromatic rings. The van der Waals surface area contributed by atoms with Crippen molar-refractivity contribution in [3.05, 3.63) is 28.8 Å². The predicted molar refractivity (Wildman–Crippen MR) is 76.5 cm³/mol. The van der Waals surface area contributed by atoms with Crippen molar-refractivity contribution in [1.82, 2.24) is 4.90 Å². The third-order valence-electron chi connectivity index (χ3n) is 3.69.